The minimum Gasteiger partial charge on any atom is -0.465 e. The lowest BCUT2D eigenvalue weighted by molar-refractivity contribution is 0.0602. The first-order valence-electron chi connectivity index (χ1n) is 10.6. The number of nitrogens with zero attached hydrogens (tertiary/aromatic N) is 5. The molecule has 0 aliphatic heterocycles. The molecule has 0 unspecified atom stereocenters. The number of tetrazole rings is 1. The van der Waals surface area contributed by atoms with Crippen molar-refractivity contribution < 1.29 is 9.53 Å². The van der Waals surface area contributed by atoms with Gasteiger partial charge in [-0.1, -0.05) is 49.4 Å². The van der Waals surface area contributed by atoms with Crippen molar-refractivity contribution in [2.75, 3.05) is 7.11 Å². The monoisotopic (exact) mass is 458 g/mol. The molecule has 5 rings (SSSR count). The third-order valence-corrected chi connectivity index (χ3v) is 6.66. The van der Waals surface area contributed by atoms with Crippen LogP contribution >= 0.6 is 11.3 Å². The summed E-state index contributed by atoms with van der Waals surface area (Å²) in [5.41, 5.74) is 5.49. The van der Waals surface area contributed by atoms with Crippen LogP contribution in [0.4, 0.5) is 0 Å². The topological polar surface area (TPSA) is 98.6 Å². The molecule has 2 aromatic carbocycles. The van der Waals surface area contributed by atoms with Gasteiger partial charge >= 0.3 is 5.97 Å². The molecule has 33 heavy (non-hydrogen) atoms. The number of esters is 1. The van der Waals surface area contributed by atoms with Gasteiger partial charge in [0.1, 0.15) is 10.7 Å². The third-order valence-electron chi connectivity index (χ3n) is 5.67. The average Bonchev–Trinajstić information content (AvgIpc) is 3.56. The zero-order chi connectivity index (χ0) is 22.9. The highest BCUT2D eigenvalue weighted by atomic mass is 32.1. The second kappa shape index (κ2) is 8.59. The Morgan fingerprint density at radius 2 is 1.97 bits per heavy atom. The van der Waals surface area contributed by atoms with Crippen molar-refractivity contribution in [2.45, 2.75) is 26.8 Å². The van der Waals surface area contributed by atoms with Crippen LogP contribution < -0.4 is 0 Å². The number of aryl methyl sites for hydroxylation is 2. The van der Waals surface area contributed by atoms with Crippen LogP contribution in [0.25, 0.3) is 32.9 Å². The number of aromatic nitrogens is 6. The van der Waals surface area contributed by atoms with Crippen molar-refractivity contribution in [3.8, 4) is 22.5 Å². The van der Waals surface area contributed by atoms with E-state index in [1.165, 1.54) is 18.4 Å². The van der Waals surface area contributed by atoms with E-state index in [-0.39, 0.29) is 5.97 Å². The summed E-state index contributed by atoms with van der Waals surface area (Å²) in [7, 11) is 1.41. The summed E-state index contributed by atoms with van der Waals surface area (Å²) >= 11 is 1.52. The minimum atomic E-state index is -0.338. The highest BCUT2D eigenvalue weighted by Gasteiger charge is 2.24. The summed E-state index contributed by atoms with van der Waals surface area (Å²) in [5, 5.41) is 14.6. The second-order valence-corrected chi connectivity index (χ2v) is 8.85. The quantitative estimate of drug-likeness (QED) is 0.372. The number of hydrogen-bond donors (Lipinski definition) is 1. The molecule has 0 bridgehead atoms. The van der Waals surface area contributed by atoms with Gasteiger partial charge in [0, 0.05) is 23.4 Å². The average molecular weight is 459 g/mol. The van der Waals surface area contributed by atoms with Crippen LogP contribution in [-0.4, -0.2) is 43.3 Å². The first-order valence-corrected chi connectivity index (χ1v) is 11.4. The van der Waals surface area contributed by atoms with E-state index in [0.717, 1.165) is 49.7 Å². The number of thiophene rings is 1. The molecule has 9 heteroatoms. The van der Waals surface area contributed by atoms with E-state index >= 15 is 0 Å². The summed E-state index contributed by atoms with van der Waals surface area (Å²) in [4.78, 5) is 19.1. The van der Waals surface area contributed by atoms with Crippen LogP contribution in [0.1, 0.15) is 33.5 Å². The number of benzene rings is 2. The number of aromatic amines is 1. The molecule has 0 amide bonds. The number of carbonyl (C=O) groups is 1. The van der Waals surface area contributed by atoms with Crippen molar-refractivity contribution in [2.24, 2.45) is 0 Å². The van der Waals surface area contributed by atoms with Gasteiger partial charge in [-0.2, -0.15) is 0 Å². The predicted molar refractivity (Wildman–Crippen MR) is 127 cm³/mol. The molecule has 0 spiro atoms. The maximum absolute atomic E-state index is 12.5. The Hall–Kier alpha value is -3.85. The van der Waals surface area contributed by atoms with Crippen LogP contribution in [-0.2, 0) is 17.7 Å². The standard InChI is InChI=1S/C24H22N6O2S/c1-4-19-25-23-21(20(14(2)33-23)24(31)32-3)30(19)13-15-10-11-17(16-8-6-5-7-9-16)18(12-15)22-26-28-29-27-22/h5-12H,4,13H2,1-3H3,(H,26,27,28,29). The van der Waals surface area contributed by atoms with Crippen molar-refractivity contribution in [3.63, 3.8) is 0 Å². The normalized spacial score (nSPS) is 11.2. The molecule has 1 N–H and O–H groups in total. The minimum absolute atomic E-state index is 0.338. The number of fused-ring (bicyclic) bond motifs is 1. The van der Waals surface area contributed by atoms with Crippen LogP contribution in [0, 0.1) is 6.92 Å². The lowest BCUT2D eigenvalue weighted by atomic mass is 9.97. The van der Waals surface area contributed by atoms with Gasteiger partial charge in [0.05, 0.1) is 18.2 Å². The van der Waals surface area contributed by atoms with Crippen molar-refractivity contribution in [1.29, 1.82) is 0 Å². The largest absolute Gasteiger partial charge is 0.465 e. The molecule has 0 fully saturated rings. The molecular formula is C24H22N6O2S. The van der Waals surface area contributed by atoms with Crippen molar-refractivity contribution >= 4 is 27.7 Å². The molecule has 0 saturated heterocycles. The Morgan fingerprint density at radius 1 is 1.15 bits per heavy atom. The van der Waals surface area contributed by atoms with Crippen LogP contribution in [0.2, 0.25) is 0 Å². The molecule has 0 atom stereocenters. The maximum Gasteiger partial charge on any atom is 0.341 e. The Labute approximate surface area is 194 Å². The number of ether oxygens (including phenoxy) is 1. The number of imidazole rings is 1. The molecule has 5 aromatic rings. The Morgan fingerprint density at radius 3 is 2.67 bits per heavy atom. The van der Waals surface area contributed by atoms with E-state index < -0.39 is 0 Å². The highest BCUT2D eigenvalue weighted by molar-refractivity contribution is 7.19. The van der Waals surface area contributed by atoms with Crippen LogP contribution in [0.5, 0.6) is 0 Å². The fourth-order valence-electron chi connectivity index (χ4n) is 4.14. The maximum atomic E-state index is 12.5. The smallest absolute Gasteiger partial charge is 0.341 e. The Kier molecular flexibility index (Phi) is 5.47. The molecule has 8 nitrogen and oxygen atoms in total. The number of H-pyrrole nitrogens is 1. The van der Waals surface area contributed by atoms with E-state index in [1.54, 1.807) is 0 Å². The molecule has 0 saturated carbocycles. The summed E-state index contributed by atoms with van der Waals surface area (Å²) in [6.07, 6.45) is 0.752. The molecule has 3 heterocycles. The highest BCUT2D eigenvalue weighted by Crippen LogP contribution is 2.34. The van der Waals surface area contributed by atoms with E-state index in [1.807, 2.05) is 25.1 Å². The first-order chi connectivity index (χ1) is 16.1. The number of rotatable bonds is 6. The fourth-order valence-corrected chi connectivity index (χ4v) is 5.18. The van der Waals surface area contributed by atoms with Gasteiger partial charge in [-0.25, -0.2) is 14.9 Å². The van der Waals surface area contributed by atoms with Gasteiger partial charge in [0.2, 0.25) is 0 Å². The Balaban J connectivity index is 1.65. The second-order valence-electron chi connectivity index (χ2n) is 7.64. The van der Waals surface area contributed by atoms with Crippen molar-refractivity contribution in [1.82, 2.24) is 30.2 Å². The number of hydrogen-bond acceptors (Lipinski definition) is 7. The van der Waals surface area contributed by atoms with Gasteiger partial charge < -0.3 is 9.30 Å². The number of carbonyl (C=O) groups excluding carboxylic acids is 1. The Bertz CT molecular complexity index is 1440. The number of methoxy groups -OCH3 is 1. The van der Waals surface area contributed by atoms with Crippen molar-refractivity contribution in [3.05, 3.63) is 70.4 Å². The molecule has 0 radical (unpaired) electrons. The van der Waals surface area contributed by atoms with Gasteiger partial charge in [0.25, 0.3) is 0 Å². The van der Waals surface area contributed by atoms with Crippen LogP contribution in [0.15, 0.2) is 48.5 Å². The van der Waals surface area contributed by atoms with E-state index in [4.69, 9.17) is 9.72 Å². The van der Waals surface area contributed by atoms with Gasteiger partial charge in [-0.3, -0.25) is 0 Å². The predicted octanol–water partition coefficient (Wildman–Crippen LogP) is 4.65. The van der Waals surface area contributed by atoms with E-state index in [0.29, 0.717) is 17.9 Å². The van der Waals surface area contributed by atoms with Gasteiger partial charge in [0.15, 0.2) is 5.82 Å². The zero-order valence-electron chi connectivity index (χ0n) is 18.5. The third kappa shape index (κ3) is 3.70. The summed E-state index contributed by atoms with van der Waals surface area (Å²) < 4.78 is 7.18. The summed E-state index contributed by atoms with van der Waals surface area (Å²) in [6, 6.07) is 16.4. The molecule has 3 aromatic heterocycles. The lowest BCUT2D eigenvalue weighted by Gasteiger charge is -2.13. The first kappa shape index (κ1) is 21.0. The molecule has 0 aliphatic rings. The summed E-state index contributed by atoms with van der Waals surface area (Å²) in [5.74, 6) is 1.19. The SMILES string of the molecule is CCc1nc2sc(C)c(C(=O)OC)c2n1Cc1ccc(-c2ccccc2)c(-c2nnn[nH]2)c1. The number of nitrogens with one attached hydrogen (secondary N) is 1. The molecule has 0 aliphatic carbocycles. The van der Waals surface area contributed by atoms with Gasteiger partial charge in [-0.15, -0.1) is 16.4 Å². The van der Waals surface area contributed by atoms with Crippen LogP contribution in [0.3, 0.4) is 0 Å². The summed E-state index contributed by atoms with van der Waals surface area (Å²) in [6.45, 7) is 4.55. The zero-order valence-corrected chi connectivity index (χ0v) is 19.3. The van der Waals surface area contributed by atoms with Gasteiger partial charge in [-0.05, 0) is 40.1 Å². The lowest BCUT2D eigenvalue weighted by Crippen LogP contribution is -2.09. The van der Waals surface area contributed by atoms with E-state index in [2.05, 4.69) is 62.4 Å². The fraction of sp³-hybridized carbons (Fsp3) is 0.208. The molecular weight excluding hydrogens is 436 g/mol. The molecule has 166 valence electrons. The van der Waals surface area contributed by atoms with E-state index in [9.17, 15) is 4.79 Å².